The molecule has 2 amide bonds. The Bertz CT molecular complexity index is 1030. The average molecular weight is 478 g/mol. The van der Waals surface area contributed by atoms with Crippen LogP contribution in [0.3, 0.4) is 0 Å². The van der Waals surface area contributed by atoms with E-state index in [4.69, 9.17) is 14.2 Å². The van der Waals surface area contributed by atoms with Crippen LogP contribution in [-0.2, 0) is 16.0 Å². The van der Waals surface area contributed by atoms with Crippen LogP contribution in [0.15, 0.2) is 61.2 Å². The fraction of sp³-hybridized carbons (Fsp3) is 0.333. The number of carbonyl (C=O) groups excluding carboxylic acids is 2. The smallest absolute Gasteiger partial charge is 0.473 e. The Hall–Kier alpha value is -3.69. The van der Waals surface area contributed by atoms with Gasteiger partial charge in [-0.2, -0.15) is 13.2 Å². The molecule has 2 aromatic rings. The highest BCUT2D eigenvalue weighted by Gasteiger charge is 2.51. The Morgan fingerprint density at radius 1 is 1.21 bits per heavy atom. The van der Waals surface area contributed by atoms with Gasteiger partial charge in [0.1, 0.15) is 6.61 Å². The summed E-state index contributed by atoms with van der Waals surface area (Å²) in [5.41, 5.74) is 1.08. The average Bonchev–Trinajstić information content (AvgIpc) is 3.17. The molecule has 0 aliphatic carbocycles. The Morgan fingerprint density at radius 2 is 1.88 bits per heavy atom. The number of methoxy groups -OCH3 is 2. The minimum absolute atomic E-state index is 0.0703. The Labute approximate surface area is 195 Å². The lowest BCUT2D eigenvalue weighted by Crippen LogP contribution is -2.56. The van der Waals surface area contributed by atoms with Crippen LogP contribution < -0.4 is 9.47 Å². The van der Waals surface area contributed by atoms with E-state index in [0.717, 1.165) is 10.6 Å². The van der Waals surface area contributed by atoms with Crippen molar-refractivity contribution in [3.8, 4) is 11.5 Å². The van der Waals surface area contributed by atoms with Crippen LogP contribution in [0.2, 0.25) is 0 Å². The molecule has 1 heterocycles. The largest absolute Gasteiger partial charge is 0.493 e. The van der Waals surface area contributed by atoms with Crippen LogP contribution in [0.25, 0.3) is 0 Å². The summed E-state index contributed by atoms with van der Waals surface area (Å²) in [6, 6.07) is 11.4. The third-order valence-corrected chi connectivity index (χ3v) is 5.41. The maximum absolute atomic E-state index is 13.8. The van der Waals surface area contributed by atoms with Gasteiger partial charge in [-0.25, -0.2) is 14.8 Å². The minimum atomic E-state index is -5.24. The number of ether oxygens (including phenoxy) is 3. The van der Waals surface area contributed by atoms with Gasteiger partial charge in [-0.1, -0.05) is 42.5 Å². The summed E-state index contributed by atoms with van der Waals surface area (Å²) in [5, 5.41) is 1.21. The van der Waals surface area contributed by atoms with Crippen LogP contribution in [0.1, 0.15) is 23.6 Å². The van der Waals surface area contributed by atoms with Crippen LogP contribution >= 0.6 is 0 Å². The van der Waals surface area contributed by atoms with E-state index in [-0.39, 0.29) is 25.2 Å². The monoisotopic (exact) mass is 478 g/mol. The molecule has 10 heteroatoms. The molecule has 182 valence electrons. The number of rotatable bonds is 9. The summed E-state index contributed by atoms with van der Waals surface area (Å²) >= 11 is 0. The number of halogens is 3. The zero-order valence-electron chi connectivity index (χ0n) is 18.7. The van der Waals surface area contributed by atoms with Gasteiger partial charge in [-0.3, -0.25) is 4.79 Å². The van der Waals surface area contributed by atoms with Gasteiger partial charge < -0.3 is 14.2 Å². The van der Waals surface area contributed by atoms with Gasteiger partial charge in [0.2, 0.25) is 0 Å². The van der Waals surface area contributed by atoms with Gasteiger partial charge in [0, 0.05) is 0 Å². The highest BCUT2D eigenvalue weighted by atomic mass is 19.4. The summed E-state index contributed by atoms with van der Waals surface area (Å²) in [6.45, 7) is 3.46. The third-order valence-electron chi connectivity index (χ3n) is 5.41. The second kappa shape index (κ2) is 10.5. The van der Waals surface area contributed by atoms with Crippen molar-refractivity contribution in [2.45, 2.75) is 31.1 Å². The van der Waals surface area contributed by atoms with Gasteiger partial charge in [0.15, 0.2) is 11.5 Å². The SMILES string of the molecule is C=CC[C@@H](c1ccc(OC)c(OC)c1)N(C(=O)C(F)(F)F)N1C(=O)OC[C@@H]1Cc1ccccc1. The lowest BCUT2D eigenvalue weighted by molar-refractivity contribution is -0.204. The molecule has 34 heavy (non-hydrogen) atoms. The fourth-order valence-corrected chi connectivity index (χ4v) is 3.86. The van der Waals surface area contributed by atoms with E-state index < -0.39 is 30.3 Å². The van der Waals surface area contributed by atoms with E-state index in [9.17, 15) is 22.8 Å². The van der Waals surface area contributed by atoms with E-state index in [1.54, 1.807) is 30.3 Å². The van der Waals surface area contributed by atoms with Gasteiger partial charge in [-0.15, -0.1) is 6.58 Å². The zero-order valence-corrected chi connectivity index (χ0v) is 18.7. The molecule has 1 fully saturated rings. The summed E-state index contributed by atoms with van der Waals surface area (Å²) < 4.78 is 56.9. The highest BCUT2D eigenvalue weighted by molar-refractivity contribution is 5.85. The molecule has 3 rings (SSSR count). The number of alkyl halides is 3. The number of hydrazine groups is 1. The lowest BCUT2D eigenvalue weighted by Gasteiger charge is -2.39. The summed E-state index contributed by atoms with van der Waals surface area (Å²) in [6.07, 6.45) is -4.77. The predicted molar refractivity (Wildman–Crippen MR) is 117 cm³/mol. The van der Waals surface area contributed by atoms with Crippen molar-refractivity contribution in [2.75, 3.05) is 20.8 Å². The van der Waals surface area contributed by atoms with Gasteiger partial charge in [0.05, 0.1) is 26.3 Å². The Balaban J connectivity index is 2.10. The Morgan fingerprint density at radius 3 is 2.47 bits per heavy atom. The molecular formula is C24H25F3N2O5. The van der Waals surface area contributed by atoms with Crippen molar-refractivity contribution in [2.24, 2.45) is 0 Å². The zero-order chi connectivity index (χ0) is 24.9. The maximum Gasteiger partial charge on any atom is 0.473 e. The predicted octanol–water partition coefficient (Wildman–Crippen LogP) is 4.69. The van der Waals surface area contributed by atoms with Crippen LogP contribution in [0.4, 0.5) is 18.0 Å². The number of amides is 2. The van der Waals surface area contributed by atoms with Crippen molar-refractivity contribution in [3.05, 3.63) is 72.3 Å². The molecule has 0 radical (unpaired) electrons. The minimum Gasteiger partial charge on any atom is -0.493 e. The molecule has 0 aromatic heterocycles. The first-order valence-electron chi connectivity index (χ1n) is 10.4. The second-order valence-corrected chi connectivity index (χ2v) is 7.57. The molecule has 0 N–H and O–H groups in total. The molecule has 0 saturated carbocycles. The number of hydrogen-bond acceptors (Lipinski definition) is 5. The van der Waals surface area contributed by atoms with Crippen molar-refractivity contribution < 1.29 is 37.0 Å². The van der Waals surface area contributed by atoms with Crippen LogP contribution in [-0.4, -0.2) is 55.1 Å². The molecule has 0 bridgehead atoms. The van der Waals surface area contributed by atoms with Crippen molar-refractivity contribution >= 4 is 12.0 Å². The number of hydrogen-bond donors (Lipinski definition) is 0. The summed E-state index contributed by atoms with van der Waals surface area (Å²) in [4.78, 5) is 25.4. The number of nitrogens with zero attached hydrogens (tertiary/aromatic N) is 2. The number of benzene rings is 2. The molecule has 1 saturated heterocycles. The molecule has 2 atom stereocenters. The molecule has 0 spiro atoms. The normalized spacial score (nSPS) is 16.6. The van der Waals surface area contributed by atoms with E-state index in [0.29, 0.717) is 16.3 Å². The van der Waals surface area contributed by atoms with E-state index in [1.807, 2.05) is 0 Å². The quantitative estimate of drug-likeness (QED) is 0.489. The second-order valence-electron chi connectivity index (χ2n) is 7.57. The van der Waals surface area contributed by atoms with E-state index in [1.165, 1.54) is 38.5 Å². The first-order valence-corrected chi connectivity index (χ1v) is 10.4. The molecular weight excluding hydrogens is 453 g/mol. The molecule has 7 nitrogen and oxygen atoms in total. The van der Waals surface area contributed by atoms with Gasteiger partial charge in [-0.05, 0) is 36.1 Å². The molecule has 1 aliphatic heterocycles. The number of carbonyl (C=O) groups is 2. The van der Waals surface area contributed by atoms with E-state index in [2.05, 4.69) is 6.58 Å². The highest BCUT2D eigenvalue weighted by Crippen LogP contribution is 2.38. The maximum atomic E-state index is 13.8. The van der Waals surface area contributed by atoms with Crippen LogP contribution in [0, 0.1) is 0 Å². The number of cyclic esters (lactones) is 1. The first kappa shape index (κ1) is 24.9. The first-order chi connectivity index (χ1) is 16.2. The standard InChI is InChI=1S/C24H25F3N2O5/c1-4-8-19(17-11-12-20(32-2)21(14-17)33-3)29(22(30)24(25,26)27)28-18(15-34-23(28)31)13-16-9-6-5-7-10-16/h4-7,9-12,14,18-19H,1,8,13,15H2,2-3H3/t18-,19-/m0/s1. The molecule has 0 unspecified atom stereocenters. The lowest BCUT2D eigenvalue weighted by atomic mass is 10.0. The molecule has 2 aromatic carbocycles. The van der Waals surface area contributed by atoms with Gasteiger partial charge in [0.25, 0.3) is 0 Å². The van der Waals surface area contributed by atoms with Crippen molar-refractivity contribution in [1.82, 2.24) is 10.0 Å². The summed E-state index contributed by atoms with van der Waals surface area (Å²) in [5.74, 6) is -1.57. The fourth-order valence-electron chi connectivity index (χ4n) is 3.86. The third kappa shape index (κ3) is 5.27. The Kier molecular flexibility index (Phi) is 7.70. The topological polar surface area (TPSA) is 68.3 Å². The molecule has 1 aliphatic rings. The van der Waals surface area contributed by atoms with E-state index >= 15 is 0 Å². The van der Waals surface area contributed by atoms with Gasteiger partial charge >= 0.3 is 18.2 Å². The summed E-state index contributed by atoms with van der Waals surface area (Å²) in [7, 11) is 2.81. The van der Waals surface area contributed by atoms with Crippen LogP contribution in [0.5, 0.6) is 11.5 Å². The van der Waals surface area contributed by atoms with Crippen molar-refractivity contribution in [3.63, 3.8) is 0 Å². The van der Waals surface area contributed by atoms with Crippen molar-refractivity contribution in [1.29, 1.82) is 0 Å².